The topological polar surface area (TPSA) is 153 Å². The molecular weight excluding hydrogens is 546 g/mol. The normalized spacial score (nSPS) is 14.0. The number of halogens is 1. The maximum atomic E-state index is 11.2. The third-order valence-electron chi connectivity index (χ3n) is 6.59. The second kappa shape index (κ2) is 11.0. The Morgan fingerprint density at radius 1 is 1.16 bits per heavy atom. The van der Waals surface area contributed by atoms with Crippen molar-refractivity contribution in [3.63, 3.8) is 0 Å². The maximum Gasteiger partial charge on any atom is 0.380 e. The van der Waals surface area contributed by atoms with E-state index in [1.165, 1.54) is 12.1 Å². The number of nitriles is 1. The lowest BCUT2D eigenvalue weighted by Crippen LogP contribution is -2.45. The molecular formula is C25H32ClN5O5SSi. The van der Waals surface area contributed by atoms with Crippen molar-refractivity contribution in [2.75, 3.05) is 5.32 Å². The quantitative estimate of drug-likeness (QED) is 0.304. The van der Waals surface area contributed by atoms with Crippen molar-refractivity contribution in [1.82, 2.24) is 10.2 Å². The largest absolute Gasteiger partial charge is 0.418 e. The molecule has 10 nitrogen and oxygen atoms in total. The van der Waals surface area contributed by atoms with Crippen molar-refractivity contribution >= 4 is 35.9 Å². The zero-order chi connectivity index (χ0) is 28.5. The fourth-order valence-corrected chi connectivity index (χ4v) is 5.45. The molecule has 13 heteroatoms. The van der Waals surface area contributed by atoms with Gasteiger partial charge in [-0.2, -0.15) is 18.8 Å². The molecule has 3 N–H and O–H groups in total. The third kappa shape index (κ3) is 6.92. The standard InChI is InChI=1S/C25H32ClN5O5SSi/c1-15-20(13-10-18(14-27)21(15)26)29-22(16(2)36-38(6,7)25(3,4)5)24-31-30-23(34-24)17-8-11-19(12-9-17)35-37(28,32)33/h8-13,16,22,29H,1-7H3,(H2,28,32,33)/t16-,22+/m0/s1. The Morgan fingerprint density at radius 2 is 1.79 bits per heavy atom. The molecule has 204 valence electrons. The van der Waals surface area contributed by atoms with Crippen LogP contribution in [0.1, 0.15) is 50.8 Å². The van der Waals surface area contributed by atoms with Crippen molar-refractivity contribution in [2.24, 2.45) is 5.14 Å². The highest BCUT2D eigenvalue weighted by Crippen LogP contribution is 2.40. The van der Waals surface area contributed by atoms with Crippen LogP contribution < -0.4 is 14.6 Å². The summed E-state index contributed by atoms with van der Waals surface area (Å²) in [6.07, 6.45) is -0.372. The van der Waals surface area contributed by atoms with E-state index in [-0.39, 0.29) is 28.7 Å². The smallest absolute Gasteiger partial charge is 0.380 e. The minimum atomic E-state index is -4.14. The van der Waals surface area contributed by atoms with Crippen LogP contribution in [0, 0.1) is 18.3 Å². The summed E-state index contributed by atoms with van der Waals surface area (Å²) in [4.78, 5) is 0. The van der Waals surface area contributed by atoms with Gasteiger partial charge in [0.05, 0.1) is 16.7 Å². The van der Waals surface area contributed by atoms with E-state index < -0.39 is 24.7 Å². The van der Waals surface area contributed by atoms with Crippen LogP contribution in [0.15, 0.2) is 40.8 Å². The zero-order valence-electron chi connectivity index (χ0n) is 22.4. The molecule has 38 heavy (non-hydrogen) atoms. The number of rotatable bonds is 9. The lowest BCUT2D eigenvalue weighted by atomic mass is 10.1. The van der Waals surface area contributed by atoms with Gasteiger partial charge in [0.15, 0.2) is 8.32 Å². The van der Waals surface area contributed by atoms with Crippen LogP contribution >= 0.6 is 11.6 Å². The first-order valence-electron chi connectivity index (χ1n) is 11.8. The molecule has 2 aromatic carbocycles. The predicted octanol–water partition coefficient (Wildman–Crippen LogP) is 5.72. The summed E-state index contributed by atoms with van der Waals surface area (Å²) in [6.45, 7) is 14.6. The molecule has 0 amide bonds. The molecule has 0 aliphatic rings. The fraction of sp³-hybridized carbons (Fsp3) is 0.400. The van der Waals surface area contributed by atoms with Crippen LogP contribution in [0.3, 0.4) is 0 Å². The average molecular weight is 578 g/mol. The lowest BCUT2D eigenvalue weighted by Gasteiger charge is -2.40. The molecule has 1 heterocycles. The number of hydrogen-bond acceptors (Lipinski definition) is 9. The average Bonchev–Trinajstić information content (AvgIpc) is 3.28. The van der Waals surface area contributed by atoms with Crippen molar-refractivity contribution in [2.45, 2.75) is 64.9 Å². The van der Waals surface area contributed by atoms with E-state index in [2.05, 4.69) is 59.6 Å². The number of anilines is 1. The second-order valence-corrected chi connectivity index (χ2v) is 16.7. The molecule has 0 unspecified atom stereocenters. The third-order valence-corrected chi connectivity index (χ3v) is 12.1. The highest BCUT2D eigenvalue weighted by Gasteiger charge is 2.41. The first-order chi connectivity index (χ1) is 17.5. The molecule has 3 rings (SSSR count). The molecule has 0 bridgehead atoms. The summed E-state index contributed by atoms with van der Waals surface area (Å²) in [5.74, 6) is 0.569. The van der Waals surface area contributed by atoms with Gasteiger partial charge in [0.25, 0.3) is 0 Å². The van der Waals surface area contributed by atoms with E-state index in [9.17, 15) is 13.7 Å². The Hall–Kier alpha value is -2.95. The van der Waals surface area contributed by atoms with Gasteiger partial charge in [-0.15, -0.1) is 10.2 Å². The first-order valence-corrected chi connectivity index (χ1v) is 16.6. The highest BCUT2D eigenvalue weighted by atomic mass is 35.5. The molecule has 1 aromatic heterocycles. The summed E-state index contributed by atoms with van der Waals surface area (Å²) in [5.41, 5.74) is 2.35. The van der Waals surface area contributed by atoms with E-state index in [4.69, 9.17) is 25.6 Å². The van der Waals surface area contributed by atoms with Gasteiger partial charge in [-0.1, -0.05) is 32.4 Å². The number of benzene rings is 2. The molecule has 2 atom stereocenters. The van der Waals surface area contributed by atoms with Crippen LogP contribution in [-0.4, -0.2) is 33.0 Å². The Bertz CT molecular complexity index is 1450. The van der Waals surface area contributed by atoms with E-state index in [0.29, 0.717) is 27.4 Å². The van der Waals surface area contributed by atoms with Crippen LogP contribution in [0.2, 0.25) is 23.2 Å². The van der Waals surface area contributed by atoms with Gasteiger partial charge < -0.3 is 18.3 Å². The minimum absolute atomic E-state index is 0.0275. The molecule has 0 spiro atoms. The summed E-state index contributed by atoms with van der Waals surface area (Å²) >= 11 is 6.42. The van der Waals surface area contributed by atoms with Gasteiger partial charge in [0.2, 0.25) is 11.8 Å². The van der Waals surface area contributed by atoms with Crippen molar-refractivity contribution in [3.05, 3.63) is 58.4 Å². The summed E-state index contributed by atoms with van der Waals surface area (Å²) in [7, 11) is -6.31. The number of nitrogens with one attached hydrogen (secondary N) is 1. The van der Waals surface area contributed by atoms with Gasteiger partial charge in [0, 0.05) is 11.3 Å². The van der Waals surface area contributed by atoms with Crippen LogP contribution in [0.4, 0.5) is 5.69 Å². The first kappa shape index (κ1) is 29.6. The summed E-state index contributed by atoms with van der Waals surface area (Å²) in [5, 5.41) is 26.5. The molecule has 0 saturated carbocycles. The van der Waals surface area contributed by atoms with Gasteiger partial charge in [-0.05, 0) is 73.9 Å². The van der Waals surface area contributed by atoms with E-state index in [1.807, 2.05) is 13.8 Å². The number of nitrogens with zero attached hydrogens (tertiary/aromatic N) is 3. The van der Waals surface area contributed by atoms with E-state index >= 15 is 0 Å². The zero-order valence-corrected chi connectivity index (χ0v) is 24.9. The van der Waals surface area contributed by atoms with Gasteiger partial charge in [0.1, 0.15) is 17.9 Å². The Morgan fingerprint density at radius 3 is 2.34 bits per heavy atom. The fourth-order valence-electron chi connectivity index (χ4n) is 3.45. The number of hydrogen-bond donors (Lipinski definition) is 2. The van der Waals surface area contributed by atoms with Gasteiger partial charge in [-0.25, -0.2) is 0 Å². The summed E-state index contributed by atoms with van der Waals surface area (Å²) in [6, 6.07) is 11.0. The number of nitrogens with two attached hydrogens (primary N) is 1. The lowest BCUT2D eigenvalue weighted by molar-refractivity contribution is 0.166. The van der Waals surface area contributed by atoms with Crippen molar-refractivity contribution in [1.29, 1.82) is 5.26 Å². The number of aromatic nitrogens is 2. The highest BCUT2D eigenvalue weighted by molar-refractivity contribution is 7.84. The van der Waals surface area contributed by atoms with Crippen LogP contribution in [-0.2, 0) is 14.7 Å². The molecule has 0 aliphatic carbocycles. The van der Waals surface area contributed by atoms with E-state index in [1.54, 1.807) is 24.3 Å². The molecule has 0 fully saturated rings. The second-order valence-electron chi connectivity index (χ2n) is 10.5. The van der Waals surface area contributed by atoms with Crippen LogP contribution in [0.25, 0.3) is 11.5 Å². The predicted molar refractivity (Wildman–Crippen MR) is 148 cm³/mol. The van der Waals surface area contributed by atoms with E-state index in [0.717, 1.165) is 0 Å². The van der Waals surface area contributed by atoms with Gasteiger partial charge in [-0.3, -0.25) is 0 Å². The molecule has 0 radical (unpaired) electrons. The maximum absolute atomic E-state index is 11.2. The molecule has 3 aromatic rings. The monoisotopic (exact) mass is 577 g/mol. The molecule has 0 saturated heterocycles. The van der Waals surface area contributed by atoms with Crippen molar-refractivity contribution < 1.29 is 21.4 Å². The summed E-state index contributed by atoms with van der Waals surface area (Å²) < 4.78 is 39.7. The Balaban J connectivity index is 1.98. The Kier molecular flexibility index (Phi) is 8.60. The minimum Gasteiger partial charge on any atom is -0.418 e. The van der Waals surface area contributed by atoms with Gasteiger partial charge >= 0.3 is 10.3 Å². The Labute approximate surface area is 229 Å². The SMILES string of the molecule is Cc1c(N[C@@H](c2nnc(-c3ccc(OS(N)(=O)=O)cc3)o2)[C@H](C)O[Si](C)(C)C(C)(C)C)ccc(C#N)c1Cl. The van der Waals surface area contributed by atoms with Crippen LogP contribution in [0.5, 0.6) is 5.75 Å². The molecule has 0 aliphatic heterocycles. The van der Waals surface area contributed by atoms with Crippen molar-refractivity contribution in [3.8, 4) is 23.3 Å².